The van der Waals surface area contributed by atoms with Gasteiger partial charge >= 0.3 is 6.18 Å². The smallest absolute Gasteiger partial charge is 0.356 e. The highest BCUT2D eigenvalue weighted by Crippen LogP contribution is 2.43. The molecule has 2 aromatic heterocycles. The number of alkyl halides is 3. The number of aromatic amines is 1. The number of halogens is 3. The zero-order valence-corrected chi connectivity index (χ0v) is 15.0. The molecule has 4 rings (SSSR count). The molecule has 27 heavy (non-hydrogen) atoms. The molecule has 0 spiro atoms. The molecular formula is C19H16F3N3OS. The Morgan fingerprint density at radius 1 is 1.22 bits per heavy atom. The van der Waals surface area contributed by atoms with Crippen LogP contribution in [0.2, 0.25) is 0 Å². The predicted molar refractivity (Wildman–Crippen MR) is 97.5 cm³/mol. The van der Waals surface area contributed by atoms with Gasteiger partial charge in [-0.25, -0.2) is 4.98 Å². The first-order valence-electron chi connectivity index (χ1n) is 8.44. The van der Waals surface area contributed by atoms with Crippen LogP contribution in [0.15, 0.2) is 53.7 Å². The SMILES string of the molecule is O=C(CSc1ccccn1)N1CCc2c([nH]c3ccccc23)C1C(F)(F)F. The van der Waals surface area contributed by atoms with Gasteiger partial charge in [0, 0.05) is 23.6 Å². The number of hydrogen-bond acceptors (Lipinski definition) is 3. The molecular weight excluding hydrogens is 375 g/mol. The minimum Gasteiger partial charge on any atom is -0.356 e. The Morgan fingerprint density at radius 3 is 2.74 bits per heavy atom. The highest BCUT2D eigenvalue weighted by molar-refractivity contribution is 7.99. The van der Waals surface area contributed by atoms with Crippen LogP contribution < -0.4 is 0 Å². The van der Waals surface area contributed by atoms with Gasteiger partial charge in [0.25, 0.3) is 0 Å². The van der Waals surface area contributed by atoms with E-state index in [0.717, 1.165) is 22.0 Å². The summed E-state index contributed by atoms with van der Waals surface area (Å²) in [6.07, 6.45) is -2.57. The van der Waals surface area contributed by atoms with E-state index in [1.807, 2.05) is 6.07 Å². The van der Waals surface area contributed by atoms with Crippen LogP contribution >= 0.6 is 11.8 Å². The van der Waals surface area contributed by atoms with Crippen LogP contribution in [-0.2, 0) is 11.2 Å². The van der Waals surface area contributed by atoms with Crippen molar-refractivity contribution in [2.45, 2.75) is 23.7 Å². The second kappa shape index (κ2) is 6.92. The molecule has 1 N–H and O–H groups in total. The van der Waals surface area contributed by atoms with Gasteiger partial charge in [-0.3, -0.25) is 4.79 Å². The van der Waals surface area contributed by atoms with Gasteiger partial charge in [0.15, 0.2) is 6.04 Å². The van der Waals surface area contributed by atoms with E-state index >= 15 is 0 Å². The number of carbonyl (C=O) groups excluding carboxylic acids is 1. The summed E-state index contributed by atoms with van der Waals surface area (Å²) in [7, 11) is 0. The summed E-state index contributed by atoms with van der Waals surface area (Å²) in [4.78, 5) is 20.5. The molecule has 1 aliphatic heterocycles. The normalized spacial score (nSPS) is 17.1. The van der Waals surface area contributed by atoms with E-state index in [0.29, 0.717) is 22.5 Å². The number of fused-ring (bicyclic) bond motifs is 3. The average molecular weight is 391 g/mol. The number of H-pyrrole nitrogens is 1. The molecule has 8 heteroatoms. The molecule has 1 unspecified atom stereocenters. The Labute approximate surface area is 157 Å². The summed E-state index contributed by atoms with van der Waals surface area (Å²) in [5, 5.41) is 1.40. The van der Waals surface area contributed by atoms with E-state index in [1.54, 1.807) is 42.6 Å². The monoisotopic (exact) mass is 391 g/mol. The summed E-state index contributed by atoms with van der Waals surface area (Å²) >= 11 is 1.14. The molecule has 0 fully saturated rings. The number of nitrogens with zero attached hydrogens (tertiary/aromatic N) is 2. The van der Waals surface area contributed by atoms with Crippen LogP contribution in [-0.4, -0.2) is 39.2 Å². The minimum atomic E-state index is -4.55. The van der Waals surface area contributed by atoms with E-state index < -0.39 is 18.1 Å². The van der Waals surface area contributed by atoms with Crippen molar-refractivity contribution in [3.05, 3.63) is 59.9 Å². The Balaban J connectivity index is 1.64. The number of para-hydroxylation sites is 1. The number of hydrogen-bond donors (Lipinski definition) is 1. The first kappa shape index (κ1) is 17.9. The first-order valence-corrected chi connectivity index (χ1v) is 9.43. The lowest BCUT2D eigenvalue weighted by Crippen LogP contribution is -2.47. The molecule has 1 amide bonds. The van der Waals surface area contributed by atoms with Crippen LogP contribution in [0, 0.1) is 0 Å². The van der Waals surface area contributed by atoms with Crippen LogP contribution in [0.3, 0.4) is 0 Å². The van der Waals surface area contributed by atoms with Crippen molar-refractivity contribution < 1.29 is 18.0 Å². The summed E-state index contributed by atoms with van der Waals surface area (Å²) in [6.45, 7) is 0.0423. The van der Waals surface area contributed by atoms with Crippen molar-refractivity contribution in [3.8, 4) is 0 Å². The van der Waals surface area contributed by atoms with Crippen LogP contribution in [0.4, 0.5) is 13.2 Å². The van der Waals surface area contributed by atoms with Crippen LogP contribution in [0.25, 0.3) is 10.9 Å². The summed E-state index contributed by atoms with van der Waals surface area (Å²) in [6, 6.07) is 10.4. The van der Waals surface area contributed by atoms with Crippen molar-refractivity contribution in [3.63, 3.8) is 0 Å². The van der Waals surface area contributed by atoms with Crippen molar-refractivity contribution in [2.75, 3.05) is 12.3 Å². The molecule has 4 nitrogen and oxygen atoms in total. The number of carbonyl (C=O) groups is 1. The Bertz CT molecular complexity index is 971. The van der Waals surface area contributed by atoms with Crippen molar-refractivity contribution in [1.29, 1.82) is 0 Å². The number of rotatable bonds is 3. The van der Waals surface area contributed by atoms with Crippen LogP contribution in [0.5, 0.6) is 0 Å². The third-order valence-corrected chi connectivity index (χ3v) is 5.57. The van der Waals surface area contributed by atoms with E-state index in [-0.39, 0.29) is 18.0 Å². The highest BCUT2D eigenvalue weighted by Gasteiger charge is 2.50. The predicted octanol–water partition coefficient (Wildman–Crippen LogP) is 4.34. The molecule has 1 aliphatic rings. The third kappa shape index (κ3) is 3.41. The second-order valence-corrected chi connectivity index (χ2v) is 7.30. The molecule has 1 atom stereocenters. The minimum absolute atomic E-state index is 0.0423. The Hall–Kier alpha value is -2.48. The zero-order chi connectivity index (χ0) is 19.0. The number of aromatic nitrogens is 2. The van der Waals surface area contributed by atoms with Crippen molar-refractivity contribution in [1.82, 2.24) is 14.9 Å². The fraction of sp³-hybridized carbons (Fsp3) is 0.263. The van der Waals surface area contributed by atoms with Gasteiger partial charge in [-0.05, 0) is 30.2 Å². The van der Waals surface area contributed by atoms with Gasteiger partial charge in [0.1, 0.15) is 0 Å². The van der Waals surface area contributed by atoms with Gasteiger partial charge in [0.2, 0.25) is 5.91 Å². The number of thioether (sulfide) groups is 1. The number of pyridine rings is 1. The lowest BCUT2D eigenvalue weighted by molar-refractivity contribution is -0.193. The van der Waals surface area contributed by atoms with Crippen LogP contribution in [0.1, 0.15) is 17.3 Å². The maximum atomic E-state index is 13.9. The fourth-order valence-electron chi connectivity index (χ4n) is 3.50. The second-order valence-electron chi connectivity index (χ2n) is 6.30. The average Bonchev–Trinajstić information content (AvgIpc) is 3.03. The Morgan fingerprint density at radius 2 is 2.00 bits per heavy atom. The standard InChI is InChI=1S/C19H16F3N3OS/c20-19(21,22)18-17-13(12-5-1-2-6-14(12)24-17)8-10-25(18)16(26)11-27-15-7-3-4-9-23-15/h1-7,9,18,24H,8,10-11H2. The maximum Gasteiger partial charge on any atom is 0.414 e. The van der Waals surface area contributed by atoms with Gasteiger partial charge in [-0.15, -0.1) is 0 Å². The van der Waals surface area contributed by atoms with Gasteiger partial charge < -0.3 is 9.88 Å². The number of benzene rings is 1. The van der Waals surface area contributed by atoms with Gasteiger partial charge in [-0.1, -0.05) is 36.0 Å². The van der Waals surface area contributed by atoms with E-state index in [4.69, 9.17) is 0 Å². The highest BCUT2D eigenvalue weighted by atomic mass is 32.2. The lowest BCUT2D eigenvalue weighted by atomic mass is 9.97. The maximum absolute atomic E-state index is 13.9. The fourth-order valence-corrected chi connectivity index (χ4v) is 4.25. The molecule has 1 aromatic carbocycles. The Kier molecular flexibility index (Phi) is 4.59. The van der Waals surface area contributed by atoms with Crippen molar-refractivity contribution >= 4 is 28.6 Å². The van der Waals surface area contributed by atoms with E-state index in [9.17, 15) is 18.0 Å². The molecule has 0 radical (unpaired) electrons. The van der Waals surface area contributed by atoms with Gasteiger partial charge in [-0.2, -0.15) is 13.2 Å². The molecule has 0 saturated heterocycles. The van der Waals surface area contributed by atoms with Crippen molar-refractivity contribution in [2.24, 2.45) is 0 Å². The molecule has 0 bridgehead atoms. The summed E-state index contributed by atoms with van der Waals surface area (Å²) in [5.74, 6) is -0.628. The number of nitrogens with one attached hydrogen (secondary N) is 1. The topological polar surface area (TPSA) is 49.0 Å². The van der Waals surface area contributed by atoms with E-state index in [2.05, 4.69) is 9.97 Å². The molecule has 3 aromatic rings. The largest absolute Gasteiger partial charge is 0.414 e. The lowest BCUT2D eigenvalue weighted by Gasteiger charge is -2.36. The van der Waals surface area contributed by atoms with Gasteiger partial charge in [0.05, 0.1) is 16.5 Å². The summed E-state index contributed by atoms with van der Waals surface area (Å²) < 4.78 is 41.7. The first-order chi connectivity index (χ1) is 12.9. The third-order valence-electron chi connectivity index (χ3n) is 4.65. The number of amides is 1. The molecule has 0 aliphatic carbocycles. The summed E-state index contributed by atoms with van der Waals surface area (Å²) in [5.41, 5.74) is 1.38. The van der Waals surface area contributed by atoms with E-state index in [1.165, 1.54) is 0 Å². The molecule has 0 saturated carbocycles. The molecule has 3 heterocycles. The zero-order valence-electron chi connectivity index (χ0n) is 14.2. The quantitative estimate of drug-likeness (QED) is 0.676. The molecule has 140 valence electrons.